The third kappa shape index (κ3) is 4.74. The normalized spacial score (nSPS) is 24.4. The molecule has 0 aromatic carbocycles. The first kappa shape index (κ1) is 19.6. The first-order chi connectivity index (χ1) is 12.6. The molecule has 5 nitrogen and oxygen atoms in total. The first-order valence-corrected chi connectivity index (χ1v) is 10.6. The monoisotopic (exact) mass is 359 g/mol. The van der Waals surface area contributed by atoms with E-state index in [0.29, 0.717) is 18.1 Å². The minimum atomic E-state index is 0.596. The van der Waals surface area contributed by atoms with Crippen molar-refractivity contribution in [3.63, 3.8) is 0 Å². The zero-order valence-electron chi connectivity index (χ0n) is 17.2. The lowest BCUT2D eigenvalue weighted by Gasteiger charge is -2.43. The summed E-state index contributed by atoms with van der Waals surface area (Å²) < 4.78 is 0. The van der Waals surface area contributed by atoms with Gasteiger partial charge < -0.3 is 9.80 Å². The van der Waals surface area contributed by atoms with Gasteiger partial charge in [-0.25, -0.2) is 9.97 Å². The maximum Gasteiger partial charge on any atom is 0.225 e. The Labute approximate surface area is 159 Å². The average molecular weight is 360 g/mol. The minimum Gasteiger partial charge on any atom is -0.332 e. The molecule has 0 aliphatic carbocycles. The number of aromatic nitrogens is 2. The number of hydrogen-bond acceptors (Lipinski definition) is 5. The average Bonchev–Trinajstić information content (AvgIpc) is 2.88. The van der Waals surface area contributed by atoms with Crippen LogP contribution in [0.25, 0.3) is 0 Å². The van der Waals surface area contributed by atoms with Crippen molar-refractivity contribution in [1.29, 1.82) is 0 Å². The molecule has 3 rings (SSSR count). The fourth-order valence-corrected chi connectivity index (χ4v) is 4.59. The highest BCUT2D eigenvalue weighted by Crippen LogP contribution is 2.34. The smallest absolute Gasteiger partial charge is 0.225 e. The van der Waals surface area contributed by atoms with Crippen LogP contribution in [0.5, 0.6) is 0 Å². The standard InChI is InChI=1S/C21H37N5/c1-5-8-17(2)25-15-19-10-11-20(16-25)26(19)21-22-13-18(14-23-21)9-6-7-12-24(3)4/h13-14,17,19-20H,5-12,15-16H2,1-4H3. The van der Waals surface area contributed by atoms with Crippen LogP contribution in [0.2, 0.25) is 0 Å². The Morgan fingerprint density at radius 1 is 1.12 bits per heavy atom. The molecule has 3 unspecified atom stereocenters. The van der Waals surface area contributed by atoms with Crippen LogP contribution in [0.3, 0.4) is 0 Å². The van der Waals surface area contributed by atoms with Crippen molar-refractivity contribution >= 4 is 5.95 Å². The predicted molar refractivity (Wildman–Crippen MR) is 109 cm³/mol. The van der Waals surface area contributed by atoms with E-state index in [4.69, 9.17) is 9.97 Å². The topological polar surface area (TPSA) is 35.5 Å². The van der Waals surface area contributed by atoms with Gasteiger partial charge in [-0.05, 0) is 71.7 Å². The van der Waals surface area contributed by atoms with Crippen LogP contribution in [0.4, 0.5) is 5.95 Å². The highest BCUT2D eigenvalue weighted by molar-refractivity contribution is 5.37. The van der Waals surface area contributed by atoms with Gasteiger partial charge in [0.15, 0.2) is 0 Å². The van der Waals surface area contributed by atoms with Crippen LogP contribution in [0.15, 0.2) is 12.4 Å². The lowest BCUT2D eigenvalue weighted by Crippen LogP contribution is -2.56. The van der Waals surface area contributed by atoms with Crippen LogP contribution in [0, 0.1) is 0 Å². The van der Waals surface area contributed by atoms with E-state index in [9.17, 15) is 0 Å². The molecule has 2 aliphatic rings. The van der Waals surface area contributed by atoms with Crippen LogP contribution in [-0.4, -0.2) is 71.6 Å². The predicted octanol–water partition coefficient (Wildman–Crippen LogP) is 3.20. The lowest BCUT2D eigenvalue weighted by atomic mass is 10.1. The van der Waals surface area contributed by atoms with Crippen molar-refractivity contribution in [2.24, 2.45) is 0 Å². The quantitative estimate of drug-likeness (QED) is 0.633. The van der Waals surface area contributed by atoms with Gasteiger partial charge in [0.25, 0.3) is 0 Å². The second-order valence-electron chi connectivity index (χ2n) is 8.54. The minimum absolute atomic E-state index is 0.596. The van der Waals surface area contributed by atoms with Crippen LogP contribution < -0.4 is 4.90 Å². The lowest BCUT2D eigenvalue weighted by molar-refractivity contribution is 0.158. The molecule has 0 radical (unpaired) electrons. The molecule has 2 aliphatic heterocycles. The first-order valence-electron chi connectivity index (χ1n) is 10.6. The number of fused-ring (bicyclic) bond motifs is 2. The molecule has 2 saturated heterocycles. The van der Waals surface area contributed by atoms with Gasteiger partial charge in [0.2, 0.25) is 5.95 Å². The van der Waals surface area contributed by atoms with E-state index in [0.717, 1.165) is 18.9 Å². The van der Waals surface area contributed by atoms with Gasteiger partial charge in [0.1, 0.15) is 0 Å². The van der Waals surface area contributed by atoms with E-state index in [2.05, 4.69) is 55.0 Å². The number of anilines is 1. The summed E-state index contributed by atoms with van der Waals surface area (Å²) in [6.07, 6.45) is 12.8. The van der Waals surface area contributed by atoms with Crippen LogP contribution in [-0.2, 0) is 6.42 Å². The third-order valence-electron chi connectivity index (χ3n) is 6.08. The molecule has 3 heterocycles. The highest BCUT2D eigenvalue weighted by Gasteiger charge is 2.42. The number of nitrogens with zero attached hydrogens (tertiary/aromatic N) is 5. The summed E-state index contributed by atoms with van der Waals surface area (Å²) in [4.78, 5) is 17.0. The van der Waals surface area contributed by atoms with Gasteiger partial charge >= 0.3 is 0 Å². The molecule has 3 atom stereocenters. The Kier molecular flexibility index (Phi) is 6.87. The van der Waals surface area contributed by atoms with Gasteiger partial charge in [0, 0.05) is 43.6 Å². The molecule has 1 aromatic heterocycles. The molecule has 0 saturated carbocycles. The molecule has 1 aromatic rings. The van der Waals surface area contributed by atoms with Gasteiger partial charge in [-0.2, -0.15) is 0 Å². The van der Waals surface area contributed by atoms with E-state index in [-0.39, 0.29) is 0 Å². The summed E-state index contributed by atoms with van der Waals surface area (Å²) in [6, 6.07) is 1.90. The second-order valence-corrected chi connectivity index (χ2v) is 8.54. The molecule has 0 amide bonds. The SMILES string of the molecule is CCCC(C)N1CC2CCC(C1)N2c1ncc(CCCCN(C)C)cn1. The van der Waals surface area contributed by atoms with Gasteiger partial charge in [-0.1, -0.05) is 13.3 Å². The summed E-state index contributed by atoms with van der Waals surface area (Å²) in [6.45, 7) is 8.18. The van der Waals surface area contributed by atoms with Crippen LogP contribution in [0.1, 0.15) is 57.9 Å². The maximum atomic E-state index is 4.75. The van der Waals surface area contributed by atoms with Crippen molar-refractivity contribution in [2.45, 2.75) is 76.9 Å². The molecule has 0 spiro atoms. The van der Waals surface area contributed by atoms with Crippen molar-refractivity contribution in [3.8, 4) is 0 Å². The van der Waals surface area contributed by atoms with Gasteiger partial charge in [0.05, 0.1) is 0 Å². The van der Waals surface area contributed by atoms with Crippen molar-refractivity contribution < 1.29 is 0 Å². The van der Waals surface area contributed by atoms with Gasteiger partial charge in [-0.3, -0.25) is 4.90 Å². The number of unbranched alkanes of at least 4 members (excludes halogenated alkanes) is 1. The zero-order valence-corrected chi connectivity index (χ0v) is 17.2. The fraction of sp³-hybridized carbons (Fsp3) is 0.810. The van der Waals surface area contributed by atoms with Crippen LogP contribution >= 0.6 is 0 Å². The van der Waals surface area contributed by atoms with E-state index < -0.39 is 0 Å². The van der Waals surface area contributed by atoms with Crippen molar-refractivity contribution in [2.75, 3.05) is 38.6 Å². The molecule has 0 N–H and O–H groups in total. The maximum absolute atomic E-state index is 4.75. The molecule has 146 valence electrons. The van der Waals surface area contributed by atoms with E-state index >= 15 is 0 Å². The fourth-order valence-electron chi connectivity index (χ4n) is 4.59. The molecular formula is C21H37N5. The van der Waals surface area contributed by atoms with E-state index in [1.807, 2.05) is 0 Å². The summed E-state index contributed by atoms with van der Waals surface area (Å²) in [5.41, 5.74) is 1.27. The summed E-state index contributed by atoms with van der Waals surface area (Å²) in [7, 11) is 4.27. The summed E-state index contributed by atoms with van der Waals surface area (Å²) >= 11 is 0. The van der Waals surface area contributed by atoms with Crippen molar-refractivity contribution in [1.82, 2.24) is 19.8 Å². The number of aryl methyl sites for hydroxylation is 1. The van der Waals surface area contributed by atoms with Gasteiger partial charge in [-0.15, -0.1) is 0 Å². The number of piperazine rings is 1. The number of rotatable bonds is 9. The number of likely N-dealkylation sites (tertiary alicyclic amines) is 1. The number of hydrogen-bond donors (Lipinski definition) is 0. The third-order valence-corrected chi connectivity index (χ3v) is 6.08. The molecular weight excluding hydrogens is 322 g/mol. The Hall–Kier alpha value is -1.20. The Morgan fingerprint density at radius 2 is 1.77 bits per heavy atom. The van der Waals surface area contributed by atoms with Crippen molar-refractivity contribution in [3.05, 3.63) is 18.0 Å². The Balaban J connectivity index is 1.55. The van der Waals surface area contributed by atoms with E-state index in [1.165, 1.54) is 57.2 Å². The second kappa shape index (κ2) is 9.14. The zero-order chi connectivity index (χ0) is 18.5. The summed E-state index contributed by atoms with van der Waals surface area (Å²) in [5.74, 6) is 0.956. The highest BCUT2D eigenvalue weighted by atomic mass is 15.4. The summed E-state index contributed by atoms with van der Waals surface area (Å²) in [5, 5.41) is 0. The Morgan fingerprint density at radius 3 is 2.35 bits per heavy atom. The molecule has 2 bridgehead atoms. The van der Waals surface area contributed by atoms with E-state index in [1.54, 1.807) is 0 Å². The largest absolute Gasteiger partial charge is 0.332 e. The molecule has 2 fully saturated rings. The molecule has 26 heavy (non-hydrogen) atoms. The Bertz CT molecular complexity index is 530. The molecule has 5 heteroatoms.